The second-order valence-electron chi connectivity index (χ2n) is 14.0. The van der Waals surface area contributed by atoms with Crippen molar-refractivity contribution < 1.29 is 0 Å². The average molecular weight is 535 g/mol. The van der Waals surface area contributed by atoms with Crippen molar-refractivity contribution in [2.75, 3.05) is 0 Å². The zero-order valence-corrected chi connectivity index (χ0v) is 27.3. The van der Waals surface area contributed by atoms with Gasteiger partial charge >= 0.3 is 0 Å². The maximum absolute atomic E-state index is 4.88. The second-order valence-corrected chi connectivity index (χ2v) is 14.0. The van der Waals surface area contributed by atoms with Gasteiger partial charge in [0.2, 0.25) is 0 Å². The first-order valence-corrected chi connectivity index (χ1v) is 15.6. The first-order valence-electron chi connectivity index (χ1n) is 15.6. The summed E-state index contributed by atoms with van der Waals surface area (Å²) in [6.45, 7) is 42.3. The van der Waals surface area contributed by atoms with E-state index in [9.17, 15) is 0 Å². The van der Waals surface area contributed by atoms with E-state index >= 15 is 0 Å². The normalized spacial score (nSPS) is 31.9. The van der Waals surface area contributed by atoms with Gasteiger partial charge in [0.05, 0.1) is 0 Å². The third kappa shape index (κ3) is 4.00. The summed E-state index contributed by atoms with van der Waals surface area (Å²) >= 11 is 0. The Morgan fingerprint density at radius 2 is 1.68 bits per heavy atom. The van der Waals surface area contributed by atoms with Crippen molar-refractivity contribution >= 4 is 11.6 Å². The van der Waals surface area contributed by atoms with E-state index in [-0.39, 0.29) is 16.2 Å². The summed E-state index contributed by atoms with van der Waals surface area (Å²) < 4.78 is 0. The minimum absolute atomic E-state index is 0.0366. The van der Waals surface area contributed by atoms with Gasteiger partial charge in [0.15, 0.2) is 0 Å². The van der Waals surface area contributed by atoms with Crippen LogP contribution >= 0.6 is 0 Å². The Bertz CT molecular complexity index is 1400. The van der Waals surface area contributed by atoms with Gasteiger partial charge in [-0.1, -0.05) is 127 Å². The summed E-state index contributed by atoms with van der Waals surface area (Å²) in [5, 5.41) is 0. The van der Waals surface area contributed by atoms with Crippen molar-refractivity contribution in [2.45, 2.75) is 107 Å². The highest BCUT2D eigenvalue weighted by Crippen LogP contribution is 2.74. The lowest BCUT2D eigenvalue weighted by atomic mass is 9.36. The molecule has 0 saturated heterocycles. The van der Waals surface area contributed by atoms with Crippen LogP contribution in [0.1, 0.15) is 123 Å². The van der Waals surface area contributed by atoms with Gasteiger partial charge in [0.25, 0.3) is 0 Å². The van der Waals surface area contributed by atoms with E-state index in [0.717, 1.165) is 18.4 Å². The maximum Gasteiger partial charge on any atom is 0.0196 e. The van der Waals surface area contributed by atoms with Crippen LogP contribution in [0.4, 0.5) is 0 Å². The van der Waals surface area contributed by atoms with Crippen molar-refractivity contribution in [1.82, 2.24) is 0 Å². The van der Waals surface area contributed by atoms with Crippen molar-refractivity contribution in [3.63, 3.8) is 0 Å². The van der Waals surface area contributed by atoms with Crippen molar-refractivity contribution in [3.05, 3.63) is 106 Å². The van der Waals surface area contributed by atoms with Crippen molar-refractivity contribution in [3.8, 4) is 0 Å². The van der Waals surface area contributed by atoms with Crippen LogP contribution < -0.4 is 0 Å². The van der Waals surface area contributed by atoms with Gasteiger partial charge in [-0.3, -0.25) is 0 Å². The van der Waals surface area contributed by atoms with Crippen LogP contribution in [0.3, 0.4) is 0 Å². The number of allylic oxidation sites excluding steroid dienone is 9. The zero-order chi connectivity index (χ0) is 29.9. The van der Waals surface area contributed by atoms with E-state index in [0.29, 0.717) is 11.8 Å². The molecule has 3 aliphatic rings. The molecule has 0 N–H and O–H groups in total. The van der Waals surface area contributed by atoms with E-state index in [2.05, 4.69) is 107 Å². The molecule has 0 radical (unpaired) electrons. The summed E-state index contributed by atoms with van der Waals surface area (Å²) in [4.78, 5) is 0. The molecule has 0 spiro atoms. The minimum Gasteiger partial charge on any atom is -0.0958 e. The number of rotatable bonds is 7. The largest absolute Gasteiger partial charge is 0.0958 e. The quantitative estimate of drug-likeness (QED) is 0.241. The molecular formula is C40H54. The molecule has 0 saturated carbocycles. The molecule has 0 fully saturated rings. The molecule has 4 rings (SSSR count). The van der Waals surface area contributed by atoms with E-state index in [4.69, 9.17) is 13.2 Å². The van der Waals surface area contributed by atoms with Gasteiger partial charge in [-0.25, -0.2) is 0 Å². The fraction of sp³-hybridized carbons (Fsp3) is 0.500. The monoisotopic (exact) mass is 534 g/mol. The highest BCUT2D eigenvalue weighted by molar-refractivity contribution is 5.89. The summed E-state index contributed by atoms with van der Waals surface area (Å²) in [5.74, 6) is 0.769. The molecule has 0 amide bonds. The smallest absolute Gasteiger partial charge is 0.0196 e. The third-order valence-electron chi connectivity index (χ3n) is 12.1. The van der Waals surface area contributed by atoms with Crippen LogP contribution in [0.5, 0.6) is 0 Å². The van der Waals surface area contributed by atoms with Gasteiger partial charge in [-0.2, -0.15) is 0 Å². The number of unbranched alkanes of at least 4 members (excludes halogenated alkanes) is 2. The standard InChI is InChI=1S/C40H54/c1-15-16-17-18-25(4)19-21-33-22-20-26(5)35-28(7)37-31(10)40(14)30(9)34(24(2)3)27(6)23-38(40,12)32(11)39(37,13)29(8)36(33)35/h19-22,29,32H,2,4,7,9,15-18,23H2,1,3,5-6,8,10-14H3/b21-19+/t29-,32+,38+,39-,40-/m1/s1. The Hall–Kier alpha value is -2.60. The Morgan fingerprint density at radius 3 is 2.27 bits per heavy atom. The first kappa shape index (κ1) is 30.4. The fourth-order valence-corrected chi connectivity index (χ4v) is 9.28. The number of hydrogen-bond acceptors (Lipinski definition) is 0. The Morgan fingerprint density at radius 1 is 1.02 bits per heavy atom. The van der Waals surface area contributed by atoms with Crippen LogP contribution in [0.15, 0.2) is 83.5 Å². The predicted octanol–water partition coefficient (Wildman–Crippen LogP) is 12.1. The Kier molecular flexibility index (Phi) is 7.85. The van der Waals surface area contributed by atoms with E-state index in [1.54, 1.807) is 0 Å². The third-order valence-corrected chi connectivity index (χ3v) is 12.1. The van der Waals surface area contributed by atoms with Gasteiger partial charge in [-0.05, 0) is 109 Å². The highest BCUT2D eigenvalue weighted by Gasteiger charge is 2.65. The molecule has 3 aliphatic carbocycles. The SMILES string of the molecule is C=C(/C=C/c1ccc(C)c2c1[C@@H](C)[C@@]1(C)C(=C(C)[C@@]3(C)C(=C)C(C(=C)C)=C(C)C[C@@]3(C)[C@@H]1C)C2=C)CCCCC. The van der Waals surface area contributed by atoms with E-state index in [1.165, 1.54) is 80.5 Å². The van der Waals surface area contributed by atoms with Gasteiger partial charge in [-0.15, -0.1) is 0 Å². The molecule has 0 aliphatic heterocycles. The fourth-order valence-electron chi connectivity index (χ4n) is 9.28. The summed E-state index contributed by atoms with van der Waals surface area (Å²) in [7, 11) is 0. The first-order chi connectivity index (χ1) is 18.6. The van der Waals surface area contributed by atoms with Crippen molar-refractivity contribution in [2.24, 2.45) is 22.2 Å². The number of benzene rings is 1. The van der Waals surface area contributed by atoms with Gasteiger partial charge in [0, 0.05) is 10.8 Å². The highest BCUT2D eigenvalue weighted by atomic mass is 14.7. The molecule has 0 unspecified atom stereocenters. The Balaban J connectivity index is 1.95. The number of hydrogen-bond donors (Lipinski definition) is 0. The summed E-state index contributed by atoms with van der Waals surface area (Å²) in [6, 6.07) is 4.62. The van der Waals surface area contributed by atoms with Crippen molar-refractivity contribution in [1.29, 1.82) is 0 Å². The zero-order valence-electron chi connectivity index (χ0n) is 27.3. The summed E-state index contributed by atoms with van der Waals surface area (Å²) in [6.07, 6.45) is 10.4. The molecule has 0 bridgehead atoms. The van der Waals surface area contributed by atoms with E-state index < -0.39 is 0 Å². The lowest BCUT2D eigenvalue weighted by molar-refractivity contribution is -0.0261. The molecule has 0 aromatic heterocycles. The molecule has 0 heterocycles. The summed E-state index contributed by atoms with van der Waals surface area (Å²) in [5.41, 5.74) is 15.8. The molecule has 0 nitrogen and oxygen atoms in total. The molecule has 1 aromatic rings. The van der Waals surface area contributed by atoms with Crippen LogP contribution in [0, 0.1) is 29.1 Å². The number of aryl methyl sites for hydroxylation is 1. The average Bonchev–Trinajstić information content (AvgIpc) is 2.88. The van der Waals surface area contributed by atoms with Crippen LogP contribution in [-0.2, 0) is 0 Å². The Labute approximate surface area is 246 Å². The number of fused-ring (bicyclic) bond motifs is 3. The second kappa shape index (κ2) is 10.3. The molecular weight excluding hydrogens is 480 g/mol. The molecule has 1 aromatic carbocycles. The lowest BCUT2D eigenvalue weighted by Gasteiger charge is -2.67. The van der Waals surface area contributed by atoms with Crippen LogP contribution in [0.25, 0.3) is 11.6 Å². The molecule has 0 heteroatoms. The van der Waals surface area contributed by atoms with Gasteiger partial charge < -0.3 is 0 Å². The lowest BCUT2D eigenvalue weighted by Crippen LogP contribution is -2.58. The molecule has 214 valence electrons. The van der Waals surface area contributed by atoms with Crippen LogP contribution in [-0.4, -0.2) is 0 Å². The predicted molar refractivity (Wildman–Crippen MR) is 178 cm³/mol. The topological polar surface area (TPSA) is 0 Å². The van der Waals surface area contributed by atoms with Gasteiger partial charge in [0.1, 0.15) is 0 Å². The molecule has 5 atom stereocenters. The van der Waals surface area contributed by atoms with E-state index in [1.807, 2.05) is 0 Å². The minimum atomic E-state index is -0.156. The molecule has 40 heavy (non-hydrogen) atoms. The maximum atomic E-state index is 4.88. The van der Waals surface area contributed by atoms with Crippen LogP contribution in [0.2, 0.25) is 0 Å².